The van der Waals surface area contributed by atoms with Gasteiger partial charge in [-0.1, -0.05) is 0 Å². The molecule has 2 fully saturated rings. The van der Waals surface area contributed by atoms with Crippen molar-refractivity contribution in [3.8, 4) is 5.88 Å². The van der Waals surface area contributed by atoms with Gasteiger partial charge in [0.05, 0.1) is 7.11 Å². The quantitative estimate of drug-likeness (QED) is 0.866. The van der Waals surface area contributed by atoms with Gasteiger partial charge in [-0.25, -0.2) is 4.98 Å². The average Bonchev–Trinajstić information content (AvgIpc) is 3.11. The van der Waals surface area contributed by atoms with E-state index in [1.165, 1.54) is 0 Å². The van der Waals surface area contributed by atoms with Gasteiger partial charge in [-0.05, 0) is 25.7 Å². The fourth-order valence-corrected chi connectivity index (χ4v) is 2.39. The number of amides is 1. The Kier molecular flexibility index (Phi) is 3.23. The number of nitrogens with one attached hydrogen (secondary N) is 1. The molecule has 102 valence electrons. The van der Waals surface area contributed by atoms with E-state index in [1.54, 1.807) is 19.4 Å². The van der Waals surface area contributed by atoms with Crippen molar-refractivity contribution in [3.63, 3.8) is 0 Å². The highest BCUT2D eigenvalue weighted by Crippen LogP contribution is 2.25. The predicted octanol–water partition coefficient (Wildman–Crippen LogP) is 0.733. The summed E-state index contributed by atoms with van der Waals surface area (Å²) in [6.45, 7) is 0.815. The SMILES string of the molecule is COc1ccnc(N2CCC[C@@H]2C(=O)NC2CC2)n1. The summed E-state index contributed by atoms with van der Waals surface area (Å²) in [5.74, 6) is 1.21. The van der Waals surface area contributed by atoms with Crippen LogP contribution >= 0.6 is 0 Å². The Labute approximate surface area is 112 Å². The van der Waals surface area contributed by atoms with E-state index in [4.69, 9.17) is 4.74 Å². The standard InChI is InChI=1S/C13H18N4O2/c1-19-11-6-7-14-13(16-11)17-8-2-3-10(17)12(18)15-9-4-5-9/h6-7,9-10H,2-5,8H2,1H3,(H,15,18)/t10-/m1/s1. The van der Waals surface area contributed by atoms with Crippen LogP contribution in [0.25, 0.3) is 0 Å². The van der Waals surface area contributed by atoms with Crippen molar-refractivity contribution in [2.75, 3.05) is 18.6 Å². The number of nitrogens with zero attached hydrogens (tertiary/aromatic N) is 3. The first-order valence-corrected chi connectivity index (χ1v) is 6.72. The molecule has 1 saturated heterocycles. The topological polar surface area (TPSA) is 67.3 Å². The molecule has 2 aliphatic rings. The van der Waals surface area contributed by atoms with Gasteiger partial charge in [0.15, 0.2) is 0 Å². The van der Waals surface area contributed by atoms with E-state index in [0.717, 1.165) is 32.2 Å². The number of ether oxygens (including phenoxy) is 1. The van der Waals surface area contributed by atoms with Crippen LogP contribution < -0.4 is 15.0 Å². The Morgan fingerprint density at radius 2 is 2.32 bits per heavy atom. The number of carbonyl (C=O) groups is 1. The van der Waals surface area contributed by atoms with Crippen molar-refractivity contribution in [3.05, 3.63) is 12.3 Å². The minimum absolute atomic E-state index is 0.103. The molecule has 0 spiro atoms. The molecular formula is C13H18N4O2. The summed E-state index contributed by atoms with van der Waals surface area (Å²) >= 11 is 0. The first-order valence-electron chi connectivity index (χ1n) is 6.72. The van der Waals surface area contributed by atoms with Gasteiger partial charge in [-0.2, -0.15) is 4.98 Å². The third kappa shape index (κ3) is 2.62. The third-order valence-corrected chi connectivity index (χ3v) is 3.56. The highest BCUT2D eigenvalue weighted by Gasteiger charge is 2.35. The molecule has 2 heterocycles. The lowest BCUT2D eigenvalue weighted by Gasteiger charge is -2.23. The minimum atomic E-state index is -0.146. The summed E-state index contributed by atoms with van der Waals surface area (Å²) in [5.41, 5.74) is 0. The van der Waals surface area contributed by atoms with E-state index in [2.05, 4.69) is 15.3 Å². The lowest BCUT2D eigenvalue weighted by molar-refractivity contribution is -0.122. The van der Waals surface area contributed by atoms with Crippen LogP contribution in [0.15, 0.2) is 12.3 Å². The highest BCUT2D eigenvalue weighted by atomic mass is 16.5. The van der Waals surface area contributed by atoms with Crippen molar-refractivity contribution >= 4 is 11.9 Å². The highest BCUT2D eigenvalue weighted by molar-refractivity contribution is 5.85. The molecule has 1 amide bonds. The summed E-state index contributed by atoms with van der Waals surface area (Å²) < 4.78 is 5.11. The van der Waals surface area contributed by atoms with Gasteiger partial charge < -0.3 is 15.0 Å². The smallest absolute Gasteiger partial charge is 0.243 e. The second-order valence-electron chi connectivity index (χ2n) is 5.03. The normalized spacial score (nSPS) is 22.4. The Balaban J connectivity index is 1.75. The number of carbonyl (C=O) groups excluding carboxylic acids is 1. The van der Waals surface area contributed by atoms with E-state index in [0.29, 0.717) is 17.9 Å². The fourth-order valence-electron chi connectivity index (χ4n) is 2.39. The van der Waals surface area contributed by atoms with Gasteiger partial charge in [-0.3, -0.25) is 4.79 Å². The van der Waals surface area contributed by atoms with Crippen LogP contribution in [0.5, 0.6) is 5.88 Å². The molecule has 3 rings (SSSR count). The number of anilines is 1. The average molecular weight is 262 g/mol. The second-order valence-corrected chi connectivity index (χ2v) is 5.03. The molecule has 0 bridgehead atoms. The molecule has 6 heteroatoms. The summed E-state index contributed by atoms with van der Waals surface area (Å²) in [5, 5.41) is 3.06. The number of rotatable bonds is 4. The zero-order valence-electron chi connectivity index (χ0n) is 11.0. The van der Waals surface area contributed by atoms with Gasteiger partial charge >= 0.3 is 0 Å². The predicted molar refractivity (Wildman–Crippen MR) is 70.1 cm³/mol. The maximum absolute atomic E-state index is 12.2. The molecule has 1 aliphatic heterocycles. The summed E-state index contributed by atoms with van der Waals surface area (Å²) in [7, 11) is 1.58. The van der Waals surface area contributed by atoms with Crippen molar-refractivity contribution in [2.45, 2.75) is 37.8 Å². The van der Waals surface area contributed by atoms with Crippen LogP contribution in [0, 0.1) is 0 Å². The van der Waals surface area contributed by atoms with E-state index in [9.17, 15) is 4.79 Å². The number of hydrogen-bond donors (Lipinski definition) is 1. The van der Waals surface area contributed by atoms with Gasteiger partial charge in [0.1, 0.15) is 6.04 Å². The molecule has 1 aromatic heterocycles. The summed E-state index contributed by atoms with van der Waals surface area (Å²) in [6, 6.07) is 1.95. The van der Waals surface area contributed by atoms with E-state index in [1.807, 2.05) is 4.90 Å². The zero-order valence-corrected chi connectivity index (χ0v) is 11.0. The first kappa shape index (κ1) is 12.2. The van der Waals surface area contributed by atoms with Crippen molar-refractivity contribution in [1.29, 1.82) is 0 Å². The van der Waals surface area contributed by atoms with Gasteiger partial charge in [0, 0.05) is 24.8 Å². The first-order chi connectivity index (χ1) is 9.28. The Morgan fingerprint density at radius 3 is 3.05 bits per heavy atom. The number of hydrogen-bond acceptors (Lipinski definition) is 5. The Morgan fingerprint density at radius 1 is 1.47 bits per heavy atom. The lowest BCUT2D eigenvalue weighted by atomic mass is 10.2. The van der Waals surface area contributed by atoms with Crippen molar-refractivity contribution < 1.29 is 9.53 Å². The molecule has 0 radical (unpaired) electrons. The van der Waals surface area contributed by atoms with Gasteiger partial charge in [-0.15, -0.1) is 0 Å². The Bertz CT molecular complexity index is 475. The summed E-state index contributed by atoms with van der Waals surface area (Å²) in [6.07, 6.45) is 5.72. The molecule has 1 aliphatic carbocycles. The fraction of sp³-hybridized carbons (Fsp3) is 0.615. The summed E-state index contributed by atoms with van der Waals surface area (Å²) in [4.78, 5) is 22.7. The van der Waals surface area contributed by atoms with E-state index < -0.39 is 0 Å². The number of methoxy groups -OCH3 is 1. The Hall–Kier alpha value is -1.85. The molecular weight excluding hydrogens is 244 g/mol. The van der Waals surface area contributed by atoms with Crippen molar-refractivity contribution in [1.82, 2.24) is 15.3 Å². The third-order valence-electron chi connectivity index (χ3n) is 3.56. The van der Waals surface area contributed by atoms with E-state index in [-0.39, 0.29) is 11.9 Å². The van der Waals surface area contributed by atoms with Crippen LogP contribution in [0.2, 0.25) is 0 Å². The molecule has 0 aromatic carbocycles. The molecule has 1 N–H and O–H groups in total. The van der Waals surface area contributed by atoms with Crippen LogP contribution in [-0.4, -0.2) is 41.6 Å². The van der Waals surface area contributed by atoms with Crippen LogP contribution in [0.4, 0.5) is 5.95 Å². The molecule has 1 aromatic rings. The molecule has 19 heavy (non-hydrogen) atoms. The van der Waals surface area contributed by atoms with Crippen LogP contribution in [0.1, 0.15) is 25.7 Å². The minimum Gasteiger partial charge on any atom is -0.481 e. The lowest BCUT2D eigenvalue weighted by Crippen LogP contribution is -2.44. The monoisotopic (exact) mass is 262 g/mol. The van der Waals surface area contributed by atoms with Gasteiger partial charge in [0.2, 0.25) is 17.7 Å². The maximum atomic E-state index is 12.2. The second kappa shape index (κ2) is 5.03. The number of aromatic nitrogens is 2. The zero-order chi connectivity index (χ0) is 13.2. The molecule has 6 nitrogen and oxygen atoms in total. The van der Waals surface area contributed by atoms with Crippen molar-refractivity contribution in [2.24, 2.45) is 0 Å². The molecule has 1 saturated carbocycles. The van der Waals surface area contributed by atoms with Crippen LogP contribution in [0.3, 0.4) is 0 Å². The molecule has 1 atom stereocenters. The maximum Gasteiger partial charge on any atom is 0.243 e. The molecule has 0 unspecified atom stereocenters. The van der Waals surface area contributed by atoms with Gasteiger partial charge in [0.25, 0.3) is 0 Å². The van der Waals surface area contributed by atoms with E-state index >= 15 is 0 Å². The van der Waals surface area contributed by atoms with Crippen LogP contribution in [-0.2, 0) is 4.79 Å². The largest absolute Gasteiger partial charge is 0.481 e.